The maximum absolute atomic E-state index is 5.85. The van der Waals surface area contributed by atoms with Crippen molar-refractivity contribution >= 4 is 17.2 Å². The fraction of sp³-hybridized carbons (Fsp3) is 0.400. The molecule has 76 valence electrons. The Kier molecular flexibility index (Phi) is 3.47. The van der Waals surface area contributed by atoms with E-state index in [9.17, 15) is 0 Å². The molecular formula is C10H14ClN3. The average molecular weight is 212 g/mol. The second kappa shape index (κ2) is 4.42. The lowest BCUT2D eigenvalue weighted by Gasteiger charge is -1.99. The van der Waals surface area contributed by atoms with Crippen molar-refractivity contribution in [2.45, 2.75) is 27.7 Å². The van der Waals surface area contributed by atoms with E-state index in [-0.39, 0.29) is 0 Å². The van der Waals surface area contributed by atoms with Crippen LogP contribution in [0.4, 0.5) is 0 Å². The first kappa shape index (κ1) is 11.0. The Balaban J connectivity index is 0.000000461. The Bertz CT molecular complexity index is 434. The van der Waals surface area contributed by atoms with Gasteiger partial charge in [0.1, 0.15) is 5.02 Å². The van der Waals surface area contributed by atoms with E-state index in [1.165, 1.54) is 0 Å². The minimum Gasteiger partial charge on any atom is -0.232 e. The molecule has 2 aromatic heterocycles. The van der Waals surface area contributed by atoms with Gasteiger partial charge < -0.3 is 0 Å². The maximum Gasteiger partial charge on any atom is 0.173 e. The summed E-state index contributed by atoms with van der Waals surface area (Å²) < 4.78 is 1.69. The minimum absolute atomic E-state index is 0.595. The van der Waals surface area contributed by atoms with Crippen LogP contribution in [0.2, 0.25) is 5.02 Å². The topological polar surface area (TPSA) is 30.2 Å². The van der Waals surface area contributed by atoms with Crippen LogP contribution in [0, 0.1) is 13.8 Å². The highest BCUT2D eigenvalue weighted by atomic mass is 35.5. The molecule has 0 spiro atoms. The molecule has 0 aliphatic heterocycles. The molecule has 0 N–H and O–H groups in total. The third-order valence-corrected chi connectivity index (χ3v) is 2.15. The van der Waals surface area contributed by atoms with Crippen LogP contribution in [0.5, 0.6) is 0 Å². The molecule has 0 aromatic carbocycles. The number of hydrogen-bond donors (Lipinski definition) is 0. The lowest BCUT2D eigenvalue weighted by Crippen LogP contribution is -1.94. The Morgan fingerprint density at radius 1 is 1.29 bits per heavy atom. The molecule has 4 heteroatoms. The van der Waals surface area contributed by atoms with E-state index in [1.54, 1.807) is 10.7 Å². The van der Waals surface area contributed by atoms with Crippen LogP contribution in [-0.2, 0) is 0 Å². The summed E-state index contributed by atoms with van der Waals surface area (Å²) in [5.74, 6) is 0. The Labute approximate surface area is 88.7 Å². The summed E-state index contributed by atoms with van der Waals surface area (Å²) in [7, 11) is 0. The van der Waals surface area contributed by atoms with Crippen LogP contribution in [0.3, 0.4) is 0 Å². The number of hydrogen-bond acceptors (Lipinski definition) is 2. The SMILES string of the molecule is CC.Cc1cn2ncc(Cl)c2nc1C. The fourth-order valence-electron chi connectivity index (χ4n) is 1.06. The predicted molar refractivity (Wildman–Crippen MR) is 58.8 cm³/mol. The van der Waals surface area contributed by atoms with E-state index in [0.717, 1.165) is 16.9 Å². The Hall–Kier alpha value is -1.09. The Morgan fingerprint density at radius 3 is 2.57 bits per heavy atom. The Morgan fingerprint density at radius 2 is 1.93 bits per heavy atom. The van der Waals surface area contributed by atoms with Crippen LogP contribution in [0.15, 0.2) is 12.4 Å². The quantitative estimate of drug-likeness (QED) is 0.671. The van der Waals surface area contributed by atoms with Crippen molar-refractivity contribution in [3.63, 3.8) is 0 Å². The van der Waals surface area contributed by atoms with Crippen molar-refractivity contribution in [1.82, 2.24) is 14.6 Å². The average Bonchev–Trinajstić information content (AvgIpc) is 2.53. The van der Waals surface area contributed by atoms with Gasteiger partial charge in [-0.05, 0) is 19.4 Å². The summed E-state index contributed by atoms with van der Waals surface area (Å²) in [5.41, 5.74) is 2.83. The van der Waals surface area contributed by atoms with E-state index in [4.69, 9.17) is 11.6 Å². The van der Waals surface area contributed by atoms with E-state index in [2.05, 4.69) is 10.1 Å². The fourth-order valence-corrected chi connectivity index (χ4v) is 1.23. The number of aromatic nitrogens is 3. The van der Waals surface area contributed by atoms with Crippen LogP contribution in [-0.4, -0.2) is 14.6 Å². The molecule has 2 aromatic rings. The van der Waals surface area contributed by atoms with E-state index in [1.807, 2.05) is 33.9 Å². The molecule has 0 radical (unpaired) electrons. The zero-order valence-corrected chi connectivity index (χ0v) is 9.63. The van der Waals surface area contributed by atoms with Gasteiger partial charge in [0.25, 0.3) is 0 Å². The first-order chi connectivity index (χ1) is 6.68. The molecular weight excluding hydrogens is 198 g/mol. The smallest absolute Gasteiger partial charge is 0.173 e. The summed E-state index contributed by atoms with van der Waals surface area (Å²) in [6, 6.07) is 0. The van der Waals surface area contributed by atoms with Gasteiger partial charge in [-0.25, -0.2) is 9.50 Å². The highest BCUT2D eigenvalue weighted by molar-refractivity contribution is 6.33. The van der Waals surface area contributed by atoms with Crippen molar-refractivity contribution in [1.29, 1.82) is 0 Å². The molecule has 0 saturated carbocycles. The normalized spacial score (nSPS) is 9.79. The third kappa shape index (κ3) is 1.87. The van der Waals surface area contributed by atoms with Crippen molar-refractivity contribution in [2.75, 3.05) is 0 Å². The van der Waals surface area contributed by atoms with E-state index < -0.39 is 0 Å². The number of rotatable bonds is 0. The van der Waals surface area contributed by atoms with Crippen molar-refractivity contribution in [2.24, 2.45) is 0 Å². The van der Waals surface area contributed by atoms with Gasteiger partial charge in [0.2, 0.25) is 0 Å². The standard InChI is InChI=1S/C8H8ClN3.C2H6/c1-5-4-12-8(11-6(5)2)7(9)3-10-12;1-2/h3-4H,1-2H3;1-2H3. The molecule has 3 nitrogen and oxygen atoms in total. The molecule has 0 fully saturated rings. The monoisotopic (exact) mass is 211 g/mol. The highest BCUT2D eigenvalue weighted by Gasteiger charge is 2.03. The van der Waals surface area contributed by atoms with E-state index in [0.29, 0.717) is 5.02 Å². The second-order valence-electron chi connectivity index (χ2n) is 2.77. The minimum atomic E-state index is 0.595. The first-order valence-electron chi connectivity index (χ1n) is 4.65. The van der Waals surface area contributed by atoms with Gasteiger partial charge in [0.05, 0.1) is 6.20 Å². The van der Waals surface area contributed by atoms with Gasteiger partial charge in [-0.1, -0.05) is 25.4 Å². The lowest BCUT2D eigenvalue weighted by atomic mass is 10.3. The molecule has 0 aliphatic carbocycles. The highest BCUT2D eigenvalue weighted by Crippen LogP contribution is 2.15. The molecule has 0 saturated heterocycles. The molecule has 0 unspecified atom stereocenters. The van der Waals surface area contributed by atoms with Crippen molar-refractivity contribution in [3.05, 3.63) is 28.7 Å². The van der Waals surface area contributed by atoms with Gasteiger partial charge in [0.15, 0.2) is 5.65 Å². The molecule has 0 atom stereocenters. The summed E-state index contributed by atoms with van der Waals surface area (Å²) in [5, 5.41) is 4.64. The van der Waals surface area contributed by atoms with Crippen LogP contribution >= 0.6 is 11.6 Å². The number of halogens is 1. The van der Waals surface area contributed by atoms with Crippen LogP contribution < -0.4 is 0 Å². The molecule has 0 aliphatic rings. The predicted octanol–water partition coefficient (Wildman–Crippen LogP) is 3.03. The number of fused-ring (bicyclic) bond motifs is 1. The number of aryl methyl sites for hydroxylation is 2. The zero-order valence-electron chi connectivity index (χ0n) is 8.87. The van der Waals surface area contributed by atoms with Crippen LogP contribution in [0.1, 0.15) is 25.1 Å². The van der Waals surface area contributed by atoms with E-state index >= 15 is 0 Å². The van der Waals surface area contributed by atoms with Gasteiger partial charge in [-0.15, -0.1) is 0 Å². The van der Waals surface area contributed by atoms with Crippen molar-refractivity contribution in [3.8, 4) is 0 Å². The zero-order chi connectivity index (χ0) is 10.7. The molecule has 2 heterocycles. The molecule has 2 rings (SSSR count). The first-order valence-corrected chi connectivity index (χ1v) is 5.03. The second-order valence-corrected chi connectivity index (χ2v) is 3.18. The number of nitrogens with zero attached hydrogens (tertiary/aromatic N) is 3. The van der Waals surface area contributed by atoms with Gasteiger partial charge in [0, 0.05) is 11.9 Å². The van der Waals surface area contributed by atoms with Gasteiger partial charge in [-0.3, -0.25) is 0 Å². The summed E-state index contributed by atoms with van der Waals surface area (Å²) in [6.07, 6.45) is 3.52. The largest absolute Gasteiger partial charge is 0.232 e. The third-order valence-electron chi connectivity index (χ3n) is 1.89. The summed E-state index contributed by atoms with van der Waals surface area (Å²) in [6.45, 7) is 7.95. The molecule has 0 amide bonds. The lowest BCUT2D eigenvalue weighted by molar-refractivity contribution is 0.915. The van der Waals surface area contributed by atoms with Gasteiger partial charge >= 0.3 is 0 Å². The molecule has 14 heavy (non-hydrogen) atoms. The summed E-state index contributed by atoms with van der Waals surface area (Å²) in [4.78, 5) is 4.30. The van der Waals surface area contributed by atoms with Crippen LogP contribution in [0.25, 0.3) is 5.65 Å². The summed E-state index contributed by atoms with van der Waals surface area (Å²) >= 11 is 5.85. The van der Waals surface area contributed by atoms with Crippen molar-refractivity contribution < 1.29 is 0 Å². The molecule has 0 bridgehead atoms. The maximum atomic E-state index is 5.85. The van der Waals surface area contributed by atoms with Gasteiger partial charge in [-0.2, -0.15) is 5.10 Å².